The molecule has 0 bridgehead atoms. The molecule has 0 saturated heterocycles. The van der Waals surface area contributed by atoms with E-state index >= 15 is 0 Å². The summed E-state index contributed by atoms with van der Waals surface area (Å²) in [6.45, 7) is 7.86. The second-order valence-electron chi connectivity index (χ2n) is 4.81. The van der Waals surface area contributed by atoms with Crippen molar-refractivity contribution in [2.75, 3.05) is 19.8 Å². The van der Waals surface area contributed by atoms with Crippen molar-refractivity contribution in [1.29, 1.82) is 0 Å². The monoisotopic (exact) mass is 291 g/mol. The molecule has 2 aromatic heterocycles. The Labute approximate surface area is 124 Å². The van der Waals surface area contributed by atoms with E-state index in [1.54, 1.807) is 11.3 Å². The number of aryl methyl sites for hydroxylation is 1. The molecule has 5 heteroatoms. The van der Waals surface area contributed by atoms with E-state index in [1.807, 2.05) is 30.9 Å². The largest absolute Gasteiger partial charge is 0.376 e. The minimum atomic E-state index is 0.114. The lowest BCUT2D eigenvalue weighted by atomic mass is 10.2. The van der Waals surface area contributed by atoms with Crippen LogP contribution in [0.5, 0.6) is 0 Å². The minimum absolute atomic E-state index is 0.114. The van der Waals surface area contributed by atoms with Gasteiger partial charge in [0, 0.05) is 30.9 Å². The molecule has 108 valence electrons. The number of nitrogens with zero attached hydrogens (tertiary/aromatic N) is 2. The van der Waals surface area contributed by atoms with Crippen molar-refractivity contribution in [3.05, 3.63) is 52.8 Å². The molecule has 0 aromatic carbocycles. The number of hydrogen-bond donors (Lipinski definition) is 1. The molecule has 2 aromatic rings. The second kappa shape index (κ2) is 7.38. The Morgan fingerprint density at radius 1 is 1.60 bits per heavy atom. The van der Waals surface area contributed by atoms with Crippen LogP contribution in [0.15, 0.2) is 42.1 Å². The van der Waals surface area contributed by atoms with E-state index in [1.165, 1.54) is 4.88 Å². The molecule has 0 fully saturated rings. The van der Waals surface area contributed by atoms with Crippen molar-refractivity contribution in [2.45, 2.75) is 13.0 Å². The normalized spacial score (nSPS) is 12.5. The van der Waals surface area contributed by atoms with Gasteiger partial charge >= 0.3 is 0 Å². The van der Waals surface area contributed by atoms with Crippen LogP contribution >= 0.6 is 11.3 Å². The number of ether oxygens (including phenoxy) is 1. The number of thiophene rings is 1. The van der Waals surface area contributed by atoms with Crippen molar-refractivity contribution in [1.82, 2.24) is 14.9 Å². The van der Waals surface area contributed by atoms with Crippen LogP contribution < -0.4 is 5.32 Å². The molecule has 0 aliphatic carbocycles. The summed E-state index contributed by atoms with van der Waals surface area (Å²) in [7, 11) is 2.02. The van der Waals surface area contributed by atoms with Crippen molar-refractivity contribution in [2.24, 2.45) is 7.05 Å². The highest BCUT2D eigenvalue weighted by molar-refractivity contribution is 7.10. The van der Waals surface area contributed by atoms with Crippen molar-refractivity contribution < 1.29 is 4.74 Å². The van der Waals surface area contributed by atoms with Crippen LogP contribution in [0.4, 0.5) is 0 Å². The Balaban J connectivity index is 1.95. The lowest BCUT2D eigenvalue weighted by molar-refractivity contribution is 0.156. The average molecular weight is 291 g/mol. The maximum atomic E-state index is 5.52. The van der Waals surface area contributed by atoms with Gasteiger partial charge in [-0.3, -0.25) is 0 Å². The smallest absolute Gasteiger partial charge is 0.131 e. The molecule has 20 heavy (non-hydrogen) atoms. The van der Waals surface area contributed by atoms with E-state index in [4.69, 9.17) is 4.74 Å². The summed E-state index contributed by atoms with van der Waals surface area (Å²) in [5.74, 6) is 1.02. The first-order chi connectivity index (χ1) is 9.68. The SMILES string of the molecule is C=C(C)COCCNC(c1cccs1)c1nccn1C. The van der Waals surface area contributed by atoms with Gasteiger partial charge in [0.15, 0.2) is 0 Å². The zero-order chi connectivity index (χ0) is 14.4. The molecule has 1 atom stereocenters. The molecule has 0 radical (unpaired) electrons. The molecule has 0 amide bonds. The number of rotatable bonds is 8. The molecule has 0 saturated carbocycles. The highest BCUT2D eigenvalue weighted by Gasteiger charge is 2.18. The van der Waals surface area contributed by atoms with Crippen molar-refractivity contribution >= 4 is 11.3 Å². The van der Waals surface area contributed by atoms with E-state index in [-0.39, 0.29) is 6.04 Å². The number of imidazole rings is 1. The molecule has 0 spiro atoms. The summed E-state index contributed by atoms with van der Waals surface area (Å²) < 4.78 is 7.57. The van der Waals surface area contributed by atoms with Crippen LogP contribution in [-0.2, 0) is 11.8 Å². The van der Waals surface area contributed by atoms with Gasteiger partial charge in [-0.2, -0.15) is 0 Å². The Morgan fingerprint density at radius 3 is 3.05 bits per heavy atom. The standard InChI is InChI=1S/C15H21N3OS/c1-12(2)11-19-9-7-16-14(13-5-4-10-20-13)15-17-6-8-18(15)3/h4-6,8,10,14,16H,1,7,9,11H2,2-3H3. The molecule has 2 rings (SSSR count). The maximum absolute atomic E-state index is 5.52. The van der Waals surface area contributed by atoms with Crippen LogP contribution in [-0.4, -0.2) is 29.3 Å². The van der Waals surface area contributed by atoms with Gasteiger partial charge in [0.1, 0.15) is 11.9 Å². The highest BCUT2D eigenvalue weighted by atomic mass is 32.1. The minimum Gasteiger partial charge on any atom is -0.376 e. The molecule has 0 aliphatic rings. The summed E-state index contributed by atoms with van der Waals surface area (Å²) in [6.07, 6.45) is 3.80. The Bertz CT molecular complexity index is 533. The lowest BCUT2D eigenvalue weighted by Gasteiger charge is -2.17. The fourth-order valence-corrected chi connectivity index (χ4v) is 2.75. The Hall–Kier alpha value is -1.43. The maximum Gasteiger partial charge on any atom is 0.131 e. The zero-order valence-corrected chi connectivity index (χ0v) is 12.8. The van der Waals surface area contributed by atoms with E-state index in [9.17, 15) is 0 Å². The van der Waals surface area contributed by atoms with Gasteiger partial charge in [-0.05, 0) is 18.4 Å². The number of aromatic nitrogens is 2. The fourth-order valence-electron chi connectivity index (χ4n) is 1.95. The van der Waals surface area contributed by atoms with Crippen LogP contribution in [0.25, 0.3) is 0 Å². The van der Waals surface area contributed by atoms with E-state index in [2.05, 4.69) is 34.4 Å². The molecule has 4 nitrogen and oxygen atoms in total. The molecule has 0 aliphatic heterocycles. The fraction of sp³-hybridized carbons (Fsp3) is 0.400. The van der Waals surface area contributed by atoms with E-state index in [0.717, 1.165) is 17.9 Å². The number of nitrogens with one attached hydrogen (secondary N) is 1. The number of hydrogen-bond acceptors (Lipinski definition) is 4. The van der Waals surface area contributed by atoms with Gasteiger partial charge in [-0.1, -0.05) is 18.2 Å². The van der Waals surface area contributed by atoms with Crippen LogP contribution in [0.3, 0.4) is 0 Å². The molecule has 1 N–H and O–H groups in total. The van der Waals surface area contributed by atoms with E-state index in [0.29, 0.717) is 13.2 Å². The molecular weight excluding hydrogens is 270 g/mol. The van der Waals surface area contributed by atoms with E-state index < -0.39 is 0 Å². The zero-order valence-electron chi connectivity index (χ0n) is 12.0. The summed E-state index contributed by atoms with van der Waals surface area (Å²) in [5, 5.41) is 5.60. The summed E-state index contributed by atoms with van der Waals surface area (Å²) in [4.78, 5) is 5.71. The van der Waals surface area contributed by atoms with Crippen molar-refractivity contribution in [3.8, 4) is 0 Å². The first kappa shape index (κ1) is 15.0. The van der Waals surface area contributed by atoms with Gasteiger partial charge in [0.2, 0.25) is 0 Å². The average Bonchev–Trinajstić information content (AvgIpc) is 3.05. The lowest BCUT2D eigenvalue weighted by Crippen LogP contribution is -2.27. The first-order valence-corrected chi connectivity index (χ1v) is 7.52. The molecule has 2 heterocycles. The summed E-state index contributed by atoms with van der Waals surface area (Å²) in [6, 6.07) is 4.31. The van der Waals surface area contributed by atoms with Gasteiger partial charge < -0.3 is 14.6 Å². The van der Waals surface area contributed by atoms with Gasteiger partial charge in [0.25, 0.3) is 0 Å². The van der Waals surface area contributed by atoms with Gasteiger partial charge in [0.05, 0.1) is 13.2 Å². The molecule has 1 unspecified atom stereocenters. The first-order valence-electron chi connectivity index (χ1n) is 6.64. The second-order valence-corrected chi connectivity index (χ2v) is 5.79. The quantitative estimate of drug-likeness (QED) is 0.600. The van der Waals surface area contributed by atoms with Gasteiger partial charge in [-0.25, -0.2) is 4.98 Å². The third-order valence-electron chi connectivity index (χ3n) is 2.89. The molecular formula is C15H21N3OS. The third-order valence-corrected chi connectivity index (χ3v) is 3.82. The third kappa shape index (κ3) is 4.03. The summed E-state index contributed by atoms with van der Waals surface area (Å²) >= 11 is 1.74. The van der Waals surface area contributed by atoms with Crippen molar-refractivity contribution in [3.63, 3.8) is 0 Å². The predicted octanol–water partition coefficient (Wildman–Crippen LogP) is 2.75. The van der Waals surface area contributed by atoms with Crippen LogP contribution in [0.2, 0.25) is 0 Å². The Kier molecular flexibility index (Phi) is 5.52. The predicted molar refractivity (Wildman–Crippen MR) is 83.0 cm³/mol. The highest BCUT2D eigenvalue weighted by Crippen LogP contribution is 2.24. The van der Waals surface area contributed by atoms with Crippen LogP contribution in [0, 0.1) is 0 Å². The van der Waals surface area contributed by atoms with Gasteiger partial charge in [-0.15, -0.1) is 11.3 Å². The Morgan fingerprint density at radius 2 is 2.45 bits per heavy atom. The van der Waals surface area contributed by atoms with Crippen LogP contribution in [0.1, 0.15) is 23.7 Å². The summed E-state index contributed by atoms with van der Waals surface area (Å²) in [5.41, 5.74) is 1.05. The topological polar surface area (TPSA) is 39.1 Å².